The third kappa shape index (κ3) is 7.09. The van der Waals surface area contributed by atoms with E-state index in [1.54, 1.807) is 24.3 Å². The zero-order chi connectivity index (χ0) is 15.9. The number of hydrogen-bond acceptors (Lipinski definition) is 3. The molecule has 1 atom stereocenters. The van der Waals surface area contributed by atoms with Crippen LogP contribution in [0.5, 0.6) is 0 Å². The van der Waals surface area contributed by atoms with Gasteiger partial charge in [0.25, 0.3) is 10.1 Å². The normalized spacial score (nSPS) is 13.6. The van der Waals surface area contributed by atoms with E-state index in [-0.39, 0.29) is 11.5 Å². The fraction of sp³-hybridized carbons (Fsp3) is 0.647. The Balaban J connectivity index is 2.35. The molecule has 1 aromatic carbocycles. The first-order valence-corrected chi connectivity index (χ1v) is 9.18. The molecule has 0 aliphatic rings. The molecule has 4 heteroatoms. The fourth-order valence-corrected chi connectivity index (χ4v) is 3.07. The van der Waals surface area contributed by atoms with E-state index in [1.807, 2.05) is 6.92 Å². The third-order valence-corrected chi connectivity index (χ3v) is 4.96. The standard InChI is InChI=1S/C17H28O3S/c1-14(2)6-5-7-15(3)12-13-20-21(18,19)17-10-8-16(4)9-11-17/h8-11,14-15H,5-7,12-13H2,1-4H3/t15-/m1/s1. The molecule has 0 aliphatic carbocycles. The van der Waals surface area contributed by atoms with Gasteiger partial charge in [0, 0.05) is 0 Å². The molecule has 0 heterocycles. The second-order valence-corrected chi connectivity index (χ2v) is 7.92. The lowest BCUT2D eigenvalue weighted by Crippen LogP contribution is -2.10. The van der Waals surface area contributed by atoms with Gasteiger partial charge in [-0.3, -0.25) is 4.18 Å². The van der Waals surface area contributed by atoms with E-state index >= 15 is 0 Å². The van der Waals surface area contributed by atoms with E-state index < -0.39 is 10.1 Å². The van der Waals surface area contributed by atoms with Gasteiger partial charge in [-0.25, -0.2) is 0 Å². The van der Waals surface area contributed by atoms with Crippen molar-refractivity contribution in [3.63, 3.8) is 0 Å². The van der Waals surface area contributed by atoms with Crippen LogP contribution in [0.3, 0.4) is 0 Å². The molecule has 0 unspecified atom stereocenters. The molecule has 0 aromatic heterocycles. The maximum atomic E-state index is 12.0. The van der Waals surface area contributed by atoms with Gasteiger partial charge in [0.05, 0.1) is 11.5 Å². The summed E-state index contributed by atoms with van der Waals surface area (Å²) in [5, 5.41) is 0. The molecule has 0 saturated carbocycles. The highest BCUT2D eigenvalue weighted by molar-refractivity contribution is 7.86. The van der Waals surface area contributed by atoms with Crippen LogP contribution in [0.25, 0.3) is 0 Å². The van der Waals surface area contributed by atoms with Gasteiger partial charge in [0.15, 0.2) is 0 Å². The maximum absolute atomic E-state index is 12.0. The maximum Gasteiger partial charge on any atom is 0.296 e. The second-order valence-electron chi connectivity index (χ2n) is 6.31. The first kappa shape index (κ1) is 18.2. The predicted molar refractivity (Wildman–Crippen MR) is 86.8 cm³/mol. The highest BCUT2D eigenvalue weighted by atomic mass is 32.2. The van der Waals surface area contributed by atoms with Gasteiger partial charge in [0.2, 0.25) is 0 Å². The highest BCUT2D eigenvalue weighted by Crippen LogP contribution is 2.17. The lowest BCUT2D eigenvalue weighted by atomic mass is 9.98. The van der Waals surface area contributed by atoms with E-state index in [4.69, 9.17) is 4.18 Å². The fourth-order valence-electron chi connectivity index (χ4n) is 2.15. The molecular formula is C17H28O3S. The van der Waals surface area contributed by atoms with Gasteiger partial charge < -0.3 is 0 Å². The molecule has 0 saturated heterocycles. The summed E-state index contributed by atoms with van der Waals surface area (Å²) in [5.41, 5.74) is 1.03. The van der Waals surface area contributed by atoms with Crippen molar-refractivity contribution in [3.05, 3.63) is 29.8 Å². The van der Waals surface area contributed by atoms with Crippen molar-refractivity contribution in [2.24, 2.45) is 11.8 Å². The van der Waals surface area contributed by atoms with Crippen molar-refractivity contribution in [2.75, 3.05) is 6.61 Å². The largest absolute Gasteiger partial charge is 0.296 e. The van der Waals surface area contributed by atoms with Crippen LogP contribution in [0.2, 0.25) is 0 Å². The average Bonchev–Trinajstić information content (AvgIpc) is 2.38. The summed E-state index contributed by atoms with van der Waals surface area (Å²) in [6, 6.07) is 6.75. The van der Waals surface area contributed by atoms with Crippen molar-refractivity contribution in [3.8, 4) is 0 Å². The Bertz CT molecular complexity index is 503. The van der Waals surface area contributed by atoms with Crippen LogP contribution in [0.15, 0.2) is 29.2 Å². The van der Waals surface area contributed by atoms with Gasteiger partial charge in [0.1, 0.15) is 0 Å². The van der Waals surface area contributed by atoms with E-state index in [0.717, 1.165) is 24.3 Å². The Morgan fingerprint density at radius 3 is 2.19 bits per heavy atom. The Morgan fingerprint density at radius 1 is 1.00 bits per heavy atom. The smallest absolute Gasteiger partial charge is 0.266 e. The molecule has 120 valence electrons. The van der Waals surface area contributed by atoms with Crippen molar-refractivity contribution < 1.29 is 12.6 Å². The summed E-state index contributed by atoms with van der Waals surface area (Å²) in [5.74, 6) is 1.23. The minimum Gasteiger partial charge on any atom is -0.266 e. The lowest BCUT2D eigenvalue weighted by Gasteiger charge is -2.12. The molecule has 0 radical (unpaired) electrons. The molecule has 21 heavy (non-hydrogen) atoms. The molecule has 0 bridgehead atoms. The Labute approximate surface area is 129 Å². The molecule has 0 spiro atoms. The molecule has 1 aromatic rings. The number of hydrogen-bond donors (Lipinski definition) is 0. The van der Waals surface area contributed by atoms with Crippen molar-refractivity contribution in [1.29, 1.82) is 0 Å². The van der Waals surface area contributed by atoms with E-state index in [2.05, 4.69) is 20.8 Å². The van der Waals surface area contributed by atoms with Crippen molar-refractivity contribution >= 4 is 10.1 Å². The zero-order valence-corrected chi connectivity index (χ0v) is 14.4. The van der Waals surface area contributed by atoms with Crippen LogP contribution in [0, 0.1) is 18.8 Å². The van der Waals surface area contributed by atoms with Gasteiger partial charge in [-0.2, -0.15) is 8.42 Å². The van der Waals surface area contributed by atoms with E-state index in [0.29, 0.717) is 5.92 Å². The molecule has 0 aliphatic heterocycles. The first-order chi connectivity index (χ1) is 9.81. The topological polar surface area (TPSA) is 43.4 Å². The van der Waals surface area contributed by atoms with Gasteiger partial charge >= 0.3 is 0 Å². The van der Waals surface area contributed by atoms with Crippen LogP contribution in [0.1, 0.15) is 52.0 Å². The zero-order valence-electron chi connectivity index (χ0n) is 13.6. The average molecular weight is 312 g/mol. The summed E-state index contributed by atoms with van der Waals surface area (Å²) in [6.07, 6.45) is 4.34. The van der Waals surface area contributed by atoms with Crippen LogP contribution in [-0.4, -0.2) is 15.0 Å². The summed E-state index contributed by atoms with van der Waals surface area (Å²) in [7, 11) is -3.61. The predicted octanol–water partition coefficient (Wildman–Crippen LogP) is 4.55. The number of rotatable bonds is 9. The molecular weight excluding hydrogens is 284 g/mol. The number of benzene rings is 1. The molecule has 0 fully saturated rings. The quantitative estimate of drug-likeness (QED) is 0.628. The minimum absolute atomic E-state index is 0.237. The molecule has 3 nitrogen and oxygen atoms in total. The van der Waals surface area contributed by atoms with Crippen LogP contribution < -0.4 is 0 Å². The van der Waals surface area contributed by atoms with E-state index in [1.165, 1.54) is 12.8 Å². The monoisotopic (exact) mass is 312 g/mol. The van der Waals surface area contributed by atoms with Gasteiger partial charge in [-0.15, -0.1) is 0 Å². The van der Waals surface area contributed by atoms with Gasteiger partial charge in [-0.1, -0.05) is 57.7 Å². The van der Waals surface area contributed by atoms with Crippen molar-refractivity contribution in [2.45, 2.75) is 58.3 Å². The summed E-state index contributed by atoms with van der Waals surface area (Å²) < 4.78 is 29.1. The van der Waals surface area contributed by atoms with Crippen molar-refractivity contribution in [1.82, 2.24) is 0 Å². The third-order valence-electron chi connectivity index (χ3n) is 3.64. The first-order valence-electron chi connectivity index (χ1n) is 7.77. The Hall–Kier alpha value is -0.870. The van der Waals surface area contributed by atoms with Crippen LogP contribution in [0.4, 0.5) is 0 Å². The summed E-state index contributed by atoms with van der Waals surface area (Å²) >= 11 is 0. The SMILES string of the molecule is Cc1ccc(S(=O)(=O)OCC[C@H](C)CCCC(C)C)cc1. The Morgan fingerprint density at radius 2 is 1.62 bits per heavy atom. The molecule has 0 N–H and O–H groups in total. The van der Waals surface area contributed by atoms with Crippen LogP contribution in [-0.2, 0) is 14.3 Å². The highest BCUT2D eigenvalue weighted by Gasteiger charge is 2.15. The molecule has 0 amide bonds. The minimum atomic E-state index is -3.61. The number of aryl methyl sites for hydroxylation is 1. The van der Waals surface area contributed by atoms with Gasteiger partial charge in [-0.05, 0) is 37.3 Å². The molecule has 1 rings (SSSR count). The lowest BCUT2D eigenvalue weighted by molar-refractivity contribution is 0.279. The second kappa shape index (κ2) is 8.54. The Kier molecular flexibility index (Phi) is 7.40. The van der Waals surface area contributed by atoms with E-state index in [9.17, 15) is 8.42 Å². The summed E-state index contributed by atoms with van der Waals surface area (Å²) in [6.45, 7) is 8.79. The summed E-state index contributed by atoms with van der Waals surface area (Å²) in [4.78, 5) is 0.237. The van der Waals surface area contributed by atoms with Crippen LogP contribution >= 0.6 is 0 Å².